The molecule has 4 heteroatoms. The second-order valence-electron chi connectivity index (χ2n) is 8.18. The van der Waals surface area contributed by atoms with E-state index in [1.807, 2.05) is 6.07 Å². The first-order valence-corrected chi connectivity index (χ1v) is 10.1. The van der Waals surface area contributed by atoms with E-state index in [0.29, 0.717) is 0 Å². The van der Waals surface area contributed by atoms with E-state index >= 15 is 0 Å². The molecule has 4 rings (SSSR count). The second kappa shape index (κ2) is 7.88. The average molecular weight is 341 g/mol. The summed E-state index contributed by atoms with van der Waals surface area (Å²) >= 11 is 0. The number of rotatable bonds is 6. The fourth-order valence-electron chi connectivity index (χ4n) is 4.93. The van der Waals surface area contributed by atoms with E-state index in [1.165, 1.54) is 44.6 Å². The molecular formula is C21H31N3O. The van der Waals surface area contributed by atoms with Crippen LogP contribution in [0.4, 0.5) is 0 Å². The highest BCUT2D eigenvalue weighted by atomic mass is 16.1. The summed E-state index contributed by atoms with van der Waals surface area (Å²) in [5, 5.41) is 6.88. The van der Waals surface area contributed by atoms with Crippen LogP contribution in [0.15, 0.2) is 30.3 Å². The Kier molecular flexibility index (Phi) is 5.37. The summed E-state index contributed by atoms with van der Waals surface area (Å²) in [6, 6.07) is 10.7. The number of fused-ring (bicyclic) bond motifs is 1. The molecule has 2 heterocycles. The van der Waals surface area contributed by atoms with Gasteiger partial charge in [-0.2, -0.15) is 0 Å². The van der Waals surface area contributed by atoms with Crippen LogP contribution in [0.25, 0.3) is 0 Å². The van der Waals surface area contributed by atoms with E-state index in [-0.39, 0.29) is 17.9 Å². The van der Waals surface area contributed by atoms with Gasteiger partial charge in [-0.1, -0.05) is 43.2 Å². The van der Waals surface area contributed by atoms with Crippen molar-refractivity contribution in [2.45, 2.75) is 38.1 Å². The summed E-state index contributed by atoms with van der Waals surface area (Å²) in [6.07, 6.45) is 5.55. The van der Waals surface area contributed by atoms with Crippen LogP contribution in [-0.2, 0) is 4.79 Å². The highest BCUT2D eigenvalue weighted by molar-refractivity contribution is 5.79. The summed E-state index contributed by atoms with van der Waals surface area (Å²) in [5.41, 5.74) is 1.25. The lowest BCUT2D eigenvalue weighted by Gasteiger charge is -2.24. The number of carbonyl (C=O) groups excluding carboxylic acids is 1. The molecule has 0 aromatic heterocycles. The van der Waals surface area contributed by atoms with Gasteiger partial charge in [0.1, 0.15) is 0 Å². The molecule has 1 amide bonds. The third-order valence-electron chi connectivity index (χ3n) is 6.44. The fraction of sp³-hybridized carbons (Fsp3) is 0.667. The first-order valence-electron chi connectivity index (χ1n) is 10.1. The number of nitrogens with one attached hydrogen (secondary N) is 2. The van der Waals surface area contributed by atoms with Gasteiger partial charge in [0, 0.05) is 25.6 Å². The Labute approximate surface area is 151 Å². The number of benzene rings is 1. The maximum Gasteiger partial charge on any atom is 0.223 e. The summed E-state index contributed by atoms with van der Waals surface area (Å²) in [7, 11) is 0. The minimum atomic E-state index is 0.146. The van der Waals surface area contributed by atoms with E-state index < -0.39 is 0 Å². The van der Waals surface area contributed by atoms with E-state index in [0.717, 1.165) is 37.6 Å². The van der Waals surface area contributed by atoms with Gasteiger partial charge in [0.05, 0.1) is 6.04 Å². The third kappa shape index (κ3) is 4.06. The molecule has 3 unspecified atom stereocenters. The van der Waals surface area contributed by atoms with Crippen molar-refractivity contribution in [1.82, 2.24) is 15.5 Å². The average Bonchev–Trinajstić information content (AvgIpc) is 3.35. The van der Waals surface area contributed by atoms with E-state index in [1.54, 1.807) is 0 Å². The van der Waals surface area contributed by atoms with Crippen LogP contribution in [0.1, 0.15) is 43.7 Å². The number of hydrogen-bond donors (Lipinski definition) is 2. The Bertz CT molecular complexity index is 558. The van der Waals surface area contributed by atoms with Crippen LogP contribution in [0.2, 0.25) is 0 Å². The van der Waals surface area contributed by atoms with Gasteiger partial charge in [-0.05, 0) is 49.8 Å². The molecule has 2 saturated heterocycles. The Morgan fingerprint density at radius 2 is 1.80 bits per heavy atom. The zero-order chi connectivity index (χ0) is 17.1. The fourth-order valence-corrected chi connectivity index (χ4v) is 4.93. The van der Waals surface area contributed by atoms with E-state index in [9.17, 15) is 4.79 Å². The maximum absolute atomic E-state index is 12.7. The quantitative estimate of drug-likeness (QED) is 0.836. The number of hydrogen-bond acceptors (Lipinski definition) is 3. The van der Waals surface area contributed by atoms with Crippen molar-refractivity contribution in [2.24, 2.45) is 17.8 Å². The SMILES string of the molecule is O=C(NC(CCN1CC2CNCC2C1)c1ccccc1)C1CCCC1. The minimum Gasteiger partial charge on any atom is -0.349 e. The number of amides is 1. The number of nitrogens with zero attached hydrogens (tertiary/aromatic N) is 1. The molecule has 0 radical (unpaired) electrons. The van der Waals surface area contributed by atoms with Crippen molar-refractivity contribution < 1.29 is 4.79 Å². The molecule has 3 fully saturated rings. The summed E-state index contributed by atoms with van der Waals surface area (Å²) in [6.45, 7) is 5.88. The Balaban J connectivity index is 1.36. The molecule has 2 aliphatic heterocycles. The van der Waals surface area contributed by atoms with Crippen LogP contribution in [0.5, 0.6) is 0 Å². The molecule has 3 atom stereocenters. The van der Waals surface area contributed by atoms with Crippen molar-refractivity contribution in [3.05, 3.63) is 35.9 Å². The molecule has 0 spiro atoms. The molecule has 2 N–H and O–H groups in total. The van der Waals surface area contributed by atoms with Crippen LogP contribution >= 0.6 is 0 Å². The Morgan fingerprint density at radius 3 is 2.48 bits per heavy atom. The van der Waals surface area contributed by atoms with Gasteiger partial charge in [-0.15, -0.1) is 0 Å². The standard InChI is InChI=1S/C21H31N3O/c25-21(17-8-4-5-9-17)23-20(16-6-2-1-3-7-16)10-11-24-14-18-12-22-13-19(18)15-24/h1-3,6-7,17-20,22H,4-5,8-15H2,(H,23,25). The lowest BCUT2D eigenvalue weighted by atomic mass is 10.0. The normalized spacial score (nSPS) is 28.2. The van der Waals surface area contributed by atoms with Gasteiger partial charge >= 0.3 is 0 Å². The monoisotopic (exact) mass is 341 g/mol. The molecule has 136 valence electrons. The summed E-state index contributed by atoms with van der Waals surface area (Å²) < 4.78 is 0. The predicted molar refractivity (Wildman–Crippen MR) is 100 cm³/mol. The van der Waals surface area contributed by atoms with E-state index in [2.05, 4.69) is 39.8 Å². The Morgan fingerprint density at radius 1 is 1.12 bits per heavy atom. The first-order chi connectivity index (χ1) is 12.3. The lowest BCUT2D eigenvalue weighted by Crippen LogP contribution is -2.35. The predicted octanol–water partition coefficient (Wildman–Crippen LogP) is 2.58. The lowest BCUT2D eigenvalue weighted by molar-refractivity contribution is -0.125. The summed E-state index contributed by atoms with van der Waals surface area (Å²) in [5.74, 6) is 2.18. The topological polar surface area (TPSA) is 44.4 Å². The molecule has 1 aromatic rings. The van der Waals surface area contributed by atoms with Crippen LogP contribution in [-0.4, -0.2) is 43.5 Å². The van der Waals surface area contributed by atoms with Crippen molar-refractivity contribution in [2.75, 3.05) is 32.7 Å². The number of carbonyl (C=O) groups is 1. The molecule has 1 aliphatic carbocycles. The second-order valence-corrected chi connectivity index (χ2v) is 8.18. The smallest absolute Gasteiger partial charge is 0.223 e. The van der Waals surface area contributed by atoms with E-state index in [4.69, 9.17) is 0 Å². The summed E-state index contributed by atoms with van der Waals surface area (Å²) in [4.78, 5) is 15.3. The van der Waals surface area contributed by atoms with Crippen LogP contribution < -0.4 is 10.6 Å². The number of likely N-dealkylation sites (tertiary alicyclic amines) is 1. The first kappa shape index (κ1) is 17.0. The van der Waals surface area contributed by atoms with Crippen molar-refractivity contribution >= 4 is 5.91 Å². The van der Waals surface area contributed by atoms with Gasteiger partial charge < -0.3 is 15.5 Å². The van der Waals surface area contributed by atoms with Crippen LogP contribution in [0.3, 0.4) is 0 Å². The zero-order valence-corrected chi connectivity index (χ0v) is 15.1. The van der Waals surface area contributed by atoms with Gasteiger partial charge in [0.25, 0.3) is 0 Å². The van der Waals surface area contributed by atoms with Crippen molar-refractivity contribution in [3.8, 4) is 0 Å². The third-order valence-corrected chi connectivity index (χ3v) is 6.44. The highest BCUT2D eigenvalue weighted by Gasteiger charge is 2.36. The van der Waals surface area contributed by atoms with Crippen molar-refractivity contribution in [3.63, 3.8) is 0 Å². The van der Waals surface area contributed by atoms with Gasteiger partial charge in [-0.3, -0.25) is 4.79 Å². The molecule has 25 heavy (non-hydrogen) atoms. The zero-order valence-electron chi connectivity index (χ0n) is 15.1. The molecule has 1 aromatic carbocycles. The minimum absolute atomic E-state index is 0.146. The molecule has 1 saturated carbocycles. The molecule has 4 nitrogen and oxygen atoms in total. The molecule has 3 aliphatic rings. The largest absolute Gasteiger partial charge is 0.349 e. The van der Waals surface area contributed by atoms with Crippen LogP contribution in [0, 0.1) is 17.8 Å². The molecular weight excluding hydrogens is 310 g/mol. The van der Waals surface area contributed by atoms with Crippen molar-refractivity contribution in [1.29, 1.82) is 0 Å². The highest BCUT2D eigenvalue weighted by Crippen LogP contribution is 2.29. The van der Waals surface area contributed by atoms with Gasteiger partial charge in [-0.25, -0.2) is 0 Å². The maximum atomic E-state index is 12.7. The van der Waals surface area contributed by atoms with Gasteiger partial charge in [0.2, 0.25) is 5.91 Å². The van der Waals surface area contributed by atoms with Gasteiger partial charge in [0.15, 0.2) is 0 Å². The molecule has 0 bridgehead atoms. The Hall–Kier alpha value is -1.39.